The van der Waals surface area contributed by atoms with Crippen molar-refractivity contribution in [1.82, 2.24) is 14.3 Å². The van der Waals surface area contributed by atoms with Crippen LogP contribution in [0.15, 0.2) is 30.5 Å². The maximum atomic E-state index is 9.86. The summed E-state index contributed by atoms with van der Waals surface area (Å²) in [5.74, 6) is 0. The van der Waals surface area contributed by atoms with Gasteiger partial charge in [-0.05, 0) is 24.3 Å². The van der Waals surface area contributed by atoms with Crippen LogP contribution in [0.5, 0.6) is 0 Å². The Kier molecular flexibility index (Phi) is 1.60. The molecule has 0 unspecified atom stereocenters. The van der Waals surface area contributed by atoms with Crippen molar-refractivity contribution < 1.29 is 5.21 Å². The van der Waals surface area contributed by atoms with E-state index in [2.05, 4.69) is 4.98 Å². The summed E-state index contributed by atoms with van der Waals surface area (Å²) < 4.78 is 2.51. The first-order valence-electron chi connectivity index (χ1n) is 4.89. The van der Waals surface area contributed by atoms with E-state index in [0.29, 0.717) is 5.52 Å². The molecule has 1 aromatic carbocycles. The minimum Gasteiger partial charge on any atom is -0.425 e. The highest BCUT2D eigenvalue weighted by atomic mass is 16.5. The van der Waals surface area contributed by atoms with Crippen molar-refractivity contribution in [3.05, 3.63) is 36.1 Å². The van der Waals surface area contributed by atoms with Crippen LogP contribution >= 0.6 is 0 Å². The van der Waals surface area contributed by atoms with E-state index in [1.165, 1.54) is 0 Å². The maximum Gasteiger partial charge on any atom is 0.236 e. The lowest BCUT2D eigenvalue weighted by Gasteiger charge is -1.99. The summed E-state index contributed by atoms with van der Waals surface area (Å²) in [6, 6.07) is 7.45. The van der Waals surface area contributed by atoms with Crippen molar-refractivity contribution in [2.45, 2.75) is 0 Å². The van der Waals surface area contributed by atoms with Crippen LogP contribution in [0.3, 0.4) is 0 Å². The molecule has 0 fully saturated rings. The molecule has 0 saturated heterocycles. The van der Waals surface area contributed by atoms with E-state index in [0.717, 1.165) is 21.2 Å². The Labute approximate surface area is 90.7 Å². The fourth-order valence-electron chi connectivity index (χ4n) is 1.98. The van der Waals surface area contributed by atoms with E-state index < -0.39 is 0 Å². The summed E-state index contributed by atoms with van der Waals surface area (Å²) in [4.78, 5) is 4.22. The van der Waals surface area contributed by atoms with Gasteiger partial charge in [0.05, 0.1) is 11.0 Å². The average Bonchev–Trinajstić information content (AvgIpc) is 2.55. The van der Waals surface area contributed by atoms with Crippen LogP contribution in [0.4, 0.5) is 0 Å². The molecule has 2 N–H and O–H groups in total. The number of hydrogen-bond donors (Lipinski definition) is 2. The quantitative estimate of drug-likeness (QED) is 0.553. The van der Waals surface area contributed by atoms with Crippen LogP contribution < -0.4 is 5.62 Å². The minimum absolute atomic E-state index is 0.0475. The molecule has 0 radical (unpaired) electrons. The molecule has 0 atom stereocenters. The predicted octanol–water partition coefficient (Wildman–Crippen LogP) is 1.24. The number of nitrogens with zero attached hydrogens (tertiary/aromatic N) is 3. The third kappa shape index (κ3) is 0.942. The number of benzene rings is 1. The second-order valence-electron chi connectivity index (χ2n) is 3.70. The van der Waals surface area contributed by atoms with E-state index in [4.69, 9.17) is 5.41 Å². The minimum atomic E-state index is 0.0475. The van der Waals surface area contributed by atoms with Gasteiger partial charge in [-0.2, -0.15) is 0 Å². The number of aryl methyl sites for hydroxylation is 1. The van der Waals surface area contributed by atoms with Crippen LogP contribution in [0.2, 0.25) is 0 Å². The zero-order chi connectivity index (χ0) is 11.3. The number of pyridine rings is 1. The molecule has 2 heterocycles. The molecule has 3 aromatic rings. The number of hydrogen-bond acceptors (Lipinski definition) is 3. The fourth-order valence-corrected chi connectivity index (χ4v) is 1.98. The first kappa shape index (κ1) is 8.96. The van der Waals surface area contributed by atoms with Crippen LogP contribution in [0.25, 0.3) is 21.9 Å². The third-order valence-corrected chi connectivity index (χ3v) is 2.83. The van der Waals surface area contributed by atoms with Gasteiger partial charge in [0.1, 0.15) is 5.52 Å². The molecule has 3 rings (SSSR count). The first-order valence-corrected chi connectivity index (χ1v) is 4.89. The van der Waals surface area contributed by atoms with Crippen LogP contribution in [0, 0.1) is 5.41 Å². The highest BCUT2D eigenvalue weighted by Crippen LogP contribution is 2.21. The lowest BCUT2D eigenvalue weighted by molar-refractivity contribution is 0.181. The third-order valence-electron chi connectivity index (χ3n) is 2.83. The van der Waals surface area contributed by atoms with Gasteiger partial charge in [-0.25, -0.2) is 0 Å². The van der Waals surface area contributed by atoms with Gasteiger partial charge in [0.25, 0.3) is 0 Å². The Balaban J connectivity index is 2.71. The molecular formula is C11H10N4O. The second kappa shape index (κ2) is 2.85. The van der Waals surface area contributed by atoms with Crippen molar-refractivity contribution in [1.29, 1.82) is 5.41 Å². The van der Waals surface area contributed by atoms with Crippen molar-refractivity contribution in [3.63, 3.8) is 0 Å². The van der Waals surface area contributed by atoms with E-state index in [1.807, 2.05) is 24.3 Å². The fraction of sp³-hybridized carbons (Fsp3) is 0.0909. The van der Waals surface area contributed by atoms with Gasteiger partial charge >= 0.3 is 0 Å². The summed E-state index contributed by atoms with van der Waals surface area (Å²) >= 11 is 0. The molecule has 16 heavy (non-hydrogen) atoms. The normalized spacial score (nSPS) is 11.3. The predicted molar refractivity (Wildman–Crippen MR) is 59.2 cm³/mol. The van der Waals surface area contributed by atoms with E-state index in [1.54, 1.807) is 17.8 Å². The first-order chi connectivity index (χ1) is 7.70. The highest BCUT2D eigenvalue weighted by Gasteiger charge is 2.10. The van der Waals surface area contributed by atoms with Crippen molar-refractivity contribution in [3.8, 4) is 0 Å². The van der Waals surface area contributed by atoms with Gasteiger partial charge in [0.2, 0.25) is 5.62 Å². The summed E-state index contributed by atoms with van der Waals surface area (Å²) in [5.41, 5.74) is 2.29. The molecule has 0 aliphatic carbocycles. The van der Waals surface area contributed by atoms with Crippen LogP contribution in [-0.2, 0) is 7.05 Å². The van der Waals surface area contributed by atoms with Gasteiger partial charge in [0.15, 0.2) is 0 Å². The van der Waals surface area contributed by atoms with Crippen molar-refractivity contribution in [2.75, 3.05) is 0 Å². The zero-order valence-corrected chi connectivity index (χ0v) is 8.68. The number of imidazole rings is 1. The highest BCUT2D eigenvalue weighted by molar-refractivity contribution is 6.02. The summed E-state index contributed by atoms with van der Waals surface area (Å²) in [6.07, 6.45) is 1.71. The molecule has 80 valence electrons. The standard InChI is InChI=1S/C11H10N4O/c1-14-9-5-4-8-7(3-2-6-13-8)10(9)15(16)11(14)12/h2-6,12,16H,1H3. The number of nitrogens with one attached hydrogen (secondary N) is 1. The Morgan fingerprint density at radius 3 is 2.94 bits per heavy atom. The largest absolute Gasteiger partial charge is 0.425 e. The summed E-state index contributed by atoms with van der Waals surface area (Å²) in [6.45, 7) is 0. The van der Waals surface area contributed by atoms with Gasteiger partial charge in [-0.15, -0.1) is 4.73 Å². The summed E-state index contributed by atoms with van der Waals surface area (Å²) in [7, 11) is 1.75. The van der Waals surface area contributed by atoms with E-state index in [9.17, 15) is 5.21 Å². The molecule has 0 aliphatic heterocycles. The van der Waals surface area contributed by atoms with Gasteiger partial charge in [0, 0.05) is 18.6 Å². The Morgan fingerprint density at radius 1 is 1.31 bits per heavy atom. The molecule has 0 aliphatic rings. The molecule has 0 amide bonds. The SMILES string of the molecule is Cn1c(=N)n(O)c2c3cccnc3ccc21. The molecule has 5 heteroatoms. The molecule has 0 saturated carbocycles. The van der Waals surface area contributed by atoms with E-state index >= 15 is 0 Å². The lowest BCUT2D eigenvalue weighted by atomic mass is 10.2. The van der Waals surface area contributed by atoms with Gasteiger partial charge < -0.3 is 9.77 Å². The average molecular weight is 214 g/mol. The Bertz CT molecular complexity index is 754. The lowest BCUT2D eigenvalue weighted by Crippen LogP contribution is -2.20. The molecule has 0 spiro atoms. The number of rotatable bonds is 0. The summed E-state index contributed by atoms with van der Waals surface area (Å²) in [5, 5.41) is 18.4. The maximum absolute atomic E-state index is 9.86. The van der Waals surface area contributed by atoms with Crippen molar-refractivity contribution in [2.24, 2.45) is 7.05 Å². The molecule has 0 bridgehead atoms. The monoisotopic (exact) mass is 214 g/mol. The Morgan fingerprint density at radius 2 is 2.12 bits per heavy atom. The topological polar surface area (TPSA) is 66.8 Å². The van der Waals surface area contributed by atoms with Crippen molar-refractivity contribution >= 4 is 21.9 Å². The molecule has 2 aromatic heterocycles. The second-order valence-corrected chi connectivity index (χ2v) is 3.70. The van der Waals surface area contributed by atoms with Gasteiger partial charge in [-0.1, -0.05) is 0 Å². The van der Waals surface area contributed by atoms with Crippen LogP contribution in [-0.4, -0.2) is 19.5 Å². The molecule has 5 nitrogen and oxygen atoms in total. The van der Waals surface area contributed by atoms with Gasteiger partial charge in [-0.3, -0.25) is 10.4 Å². The Hall–Kier alpha value is -2.30. The molecular weight excluding hydrogens is 204 g/mol. The zero-order valence-electron chi connectivity index (χ0n) is 8.68. The van der Waals surface area contributed by atoms with Crippen LogP contribution in [0.1, 0.15) is 0 Å². The number of fused-ring (bicyclic) bond motifs is 3. The number of aromatic nitrogens is 3. The van der Waals surface area contributed by atoms with E-state index in [-0.39, 0.29) is 5.62 Å². The smallest absolute Gasteiger partial charge is 0.236 e.